The van der Waals surface area contributed by atoms with Gasteiger partial charge in [0.2, 0.25) is 0 Å². The first-order valence-electron chi connectivity index (χ1n) is 7.54. The predicted octanol–water partition coefficient (Wildman–Crippen LogP) is 5.18. The minimum Gasteiger partial charge on any atom is -0.496 e. The Morgan fingerprint density at radius 1 is 0.682 bits per heavy atom. The fourth-order valence-corrected chi connectivity index (χ4v) is 2.86. The highest BCUT2D eigenvalue weighted by Gasteiger charge is 2.19. The number of para-hydroxylation sites is 1. The molecule has 0 radical (unpaired) electrons. The van der Waals surface area contributed by atoms with Crippen molar-refractivity contribution in [3.05, 3.63) is 101 Å². The van der Waals surface area contributed by atoms with E-state index in [1.54, 1.807) is 7.11 Å². The van der Waals surface area contributed by atoms with Crippen molar-refractivity contribution in [3.8, 4) is 5.75 Å². The lowest BCUT2D eigenvalue weighted by atomic mass is 9.84. The number of ether oxygens (including phenoxy) is 1. The van der Waals surface area contributed by atoms with Crippen LogP contribution >= 0.6 is 0 Å². The average Bonchev–Trinajstić information content (AvgIpc) is 2.58. The number of methoxy groups -OCH3 is 1. The van der Waals surface area contributed by atoms with Crippen molar-refractivity contribution < 1.29 is 4.74 Å². The van der Waals surface area contributed by atoms with Gasteiger partial charge in [0.1, 0.15) is 5.75 Å². The molecule has 0 fully saturated rings. The van der Waals surface area contributed by atoms with Gasteiger partial charge in [-0.05, 0) is 24.1 Å². The second kappa shape index (κ2) is 6.48. The van der Waals surface area contributed by atoms with Crippen LogP contribution in [0, 0.1) is 6.92 Å². The molecule has 0 bridgehead atoms. The third kappa shape index (κ3) is 2.89. The Hall–Kier alpha value is -2.54. The molecule has 0 aliphatic carbocycles. The van der Waals surface area contributed by atoms with Gasteiger partial charge < -0.3 is 4.74 Å². The van der Waals surface area contributed by atoms with E-state index in [1.165, 1.54) is 22.3 Å². The minimum atomic E-state index is 0.179. The molecular weight excluding hydrogens is 268 g/mol. The van der Waals surface area contributed by atoms with Gasteiger partial charge in [0.25, 0.3) is 0 Å². The maximum atomic E-state index is 5.59. The largest absolute Gasteiger partial charge is 0.496 e. The number of benzene rings is 3. The first-order valence-corrected chi connectivity index (χ1v) is 7.54. The Balaban J connectivity index is 2.17. The fraction of sp³-hybridized carbons (Fsp3) is 0.143. The third-order valence-electron chi connectivity index (χ3n) is 3.99. The van der Waals surface area contributed by atoms with Gasteiger partial charge >= 0.3 is 0 Å². The molecule has 0 aliphatic rings. The molecule has 0 aromatic heterocycles. The summed E-state index contributed by atoms with van der Waals surface area (Å²) >= 11 is 0. The van der Waals surface area contributed by atoms with Gasteiger partial charge in [-0.2, -0.15) is 0 Å². The van der Waals surface area contributed by atoms with Gasteiger partial charge in [-0.25, -0.2) is 0 Å². The van der Waals surface area contributed by atoms with Crippen molar-refractivity contribution >= 4 is 0 Å². The molecular formula is C21H20O. The van der Waals surface area contributed by atoms with E-state index in [0.717, 1.165) is 5.75 Å². The van der Waals surface area contributed by atoms with E-state index in [1.807, 2.05) is 12.1 Å². The van der Waals surface area contributed by atoms with Gasteiger partial charge in [-0.3, -0.25) is 0 Å². The van der Waals surface area contributed by atoms with E-state index >= 15 is 0 Å². The number of rotatable bonds is 4. The van der Waals surface area contributed by atoms with Crippen LogP contribution in [0.3, 0.4) is 0 Å². The van der Waals surface area contributed by atoms with E-state index in [-0.39, 0.29) is 5.92 Å². The Bertz CT molecular complexity index is 729. The molecule has 22 heavy (non-hydrogen) atoms. The lowest BCUT2D eigenvalue weighted by Gasteiger charge is -2.21. The normalized spacial score (nSPS) is 11.9. The summed E-state index contributed by atoms with van der Waals surface area (Å²) in [6, 6.07) is 27.6. The molecule has 0 saturated carbocycles. The fourth-order valence-electron chi connectivity index (χ4n) is 2.86. The second-order valence-corrected chi connectivity index (χ2v) is 5.50. The van der Waals surface area contributed by atoms with Crippen molar-refractivity contribution in [2.24, 2.45) is 0 Å². The second-order valence-electron chi connectivity index (χ2n) is 5.50. The quantitative estimate of drug-likeness (QED) is 0.601. The molecule has 110 valence electrons. The molecule has 0 amide bonds. The van der Waals surface area contributed by atoms with E-state index in [9.17, 15) is 0 Å². The molecule has 0 N–H and O–H groups in total. The topological polar surface area (TPSA) is 9.23 Å². The van der Waals surface area contributed by atoms with E-state index in [0.29, 0.717) is 0 Å². The van der Waals surface area contributed by atoms with E-state index in [2.05, 4.69) is 73.7 Å². The van der Waals surface area contributed by atoms with Crippen molar-refractivity contribution in [3.63, 3.8) is 0 Å². The first-order chi connectivity index (χ1) is 10.8. The van der Waals surface area contributed by atoms with Crippen molar-refractivity contribution in [1.29, 1.82) is 0 Å². The standard InChI is InChI=1S/C21H20O/c1-16-12-14-18(15-13-16)21(17-8-4-3-5-9-17)19-10-6-7-11-20(19)22-2/h3-15,21H,1-2H3. The molecule has 1 nitrogen and oxygen atoms in total. The summed E-state index contributed by atoms with van der Waals surface area (Å²) in [6.07, 6.45) is 0. The molecule has 0 aliphatic heterocycles. The molecule has 1 heteroatoms. The van der Waals surface area contributed by atoms with Gasteiger partial charge in [-0.15, -0.1) is 0 Å². The highest BCUT2D eigenvalue weighted by atomic mass is 16.5. The lowest BCUT2D eigenvalue weighted by Crippen LogP contribution is -2.05. The average molecular weight is 288 g/mol. The Morgan fingerprint density at radius 3 is 1.95 bits per heavy atom. The maximum absolute atomic E-state index is 5.59. The summed E-state index contributed by atoms with van der Waals surface area (Å²) in [7, 11) is 1.73. The summed E-state index contributed by atoms with van der Waals surface area (Å²) in [5, 5.41) is 0. The predicted molar refractivity (Wildman–Crippen MR) is 91.6 cm³/mol. The Kier molecular flexibility index (Phi) is 4.24. The van der Waals surface area contributed by atoms with Crippen LogP contribution in [0.15, 0.2) is 78.9 Å². The molecule has 3 aromatic rings. The number of hydrogen-bond acceptors (Lipinski definition) is 1. The molecule has 1 unspecified atom stereocenters. The number of hydrogen-bond donors (Lipinski definition) is 0. The molecule has 3 aromatic carbocycles. The van der Waals surface area contributed by atoms with Gasteiger partial charge in [-0.1, -0.05) is 78.4 Å². The monoisotopic (exact) mass is 288 g/mol. The van der Waals surface area contributed by atoms with Crippen LogP contribution in [0.4, 0.5) is 0 Å². The highest BCUT2D eigenvalue weighted by Crippen LogP contribution is 2.36. The van der Waals surface area contributed by atoms with Crippen LogP contribution < -0.4 is 4.74 Å². The zero-order valence-electron chi connectivity index (χ0n) is 13.0. The summed E-state index contributed by atoms with van der Waals surface area (Å²) in [4.78, 5) is 0. The molecule has 0 saturated heterocycles. The molecule has 0 heterocycles. The highest BCUT2D eigenvalue weighted by molar-refractivity contribution is 5.49. The van der Waals surface area contributed by atoms with Gasteiger partial charge in [0, 0.05) is 11.5 Å². The Labute approximate surface area is 132 Å². The SMILES string of the molecule is COc1ccccc1C(c1ccccc1)c1ccc(C)cc1. The summed E-state index contributed by atoms with van der Waals surface area (Å²) in [5.74, 6) is 1.11. The van der Waals surface area contributed by atoms with Gasteiger partial charge in [0.15, 0.2) is 0 Å². The van der Waals surface area contributed by atoms with E-state index in [4.69, 9.17) is 4.74 Å². The zero-order chi connectivity index (χ0) is 15.4. The van der Waals surface area contributed by atoms with Crippen LogP contribution in [0.25, 0.3) is 0 Å². The van der Waals surface area contributed by atoms with Crippen LogP contribution in [0.5, 0.6) is 5.75 Å². The Morgan fingerprint density at radius 2 is 1.27 bits per heavy atom. The summed E-state index contributed by atoms with van der Waals surface area (Å²) in [6.45, 7) is 2.12. The van der Waals surface area contributed by atoms with Crippen LogP contribution in [0.2, 0.25) is 0 Å². The zero-order valence-corrected chi connectivity index (χ0v) is 13.0. The van der Waals surface area contributed by atoms with Crippen molar-refractivity contribution in [1.82, 2.24) is 0 Å². The maximum Gasteiger partial charge on any atom is 0.123 e. The van der Waals surface area contributed by atoms with E-state index < -0.39 is 0 Å². The summed E-state index contributed by atoms with van der Waals surface area (Å²) in [5.41, 5.74) is 5.02. The van der Waals surface area contributed by atoms with Crippen molar-refractivity contribution in [2.75, 3.05) is 7.11 Å². The van der Waals surface area contributed by atoms with Crippen LogP contribution in [0.1, 0.15) is 28.2 Å². The molecule has 0 spiro atoms. The smallest absolute Gasteiger partial charge is 0.123 e. The third-order valence-corrected chi connectivity index (χ3v) is 3.99. The number of aryl methyl sites for hydroxylation is 1. The van der Waals surface area contributed by atoms with Gasteiger partial charge in [0.05, 0.1) is 7.11 Å². The lowest BCUT2D eigenvalue weighted by molar-refractivity contribution is 0.409. The van der Waals surface area contributed by atoms with Crippen molar-refractivity contribution in [2.45, 2.75) is 12.8 Å². The summed E-state index contributed by atoms with van der Waals surface area (Å²) < 4.78 is 5.59. The molecule has 1 atom stereocenters. The van der Waals surface area contributed by atoms with Crippen LogP contribution in [-0.4, -0.2) is 7.11 Å². The minimum absolute atomic E-state index is 0.179. The van der Waals surface area contributed by atoms with Crippen LogP contribution in [-0.2, 0) is 0 Å². The molecule has 3 rings (SSSR count). The first kappa shape index (κ1) is 14.4.